The van der Waals surface area contributed by atoms with Gasteiger partial charge in [0.1, 0.15) is 0 Å². The van der Waals surface area contributed by atoms with Gasteiger partial charge in [-0.1, -0.05) is 36.0 Å². The molecule has 62 valence electrons. The Hall–Kier alpha value is -1.04. The quantitative estimate of drug-likeness (QED) is 0.414. The molecule has 0 heteroatoms. The summed E-state index contributed by atoms with van der Waals surface area (Å²) >= 11 is 0. The third kappa shape index (κ3) is 12.2. The highest BCUT2D eigenvalue weighted by Crippen LogP contribution is 1.96. The van der Waals surface area contributed by atoms with Crippen LogP contribution in [-0.4, -0.2) is 0 Å². The Morgan fingerprint density at radius 2 is 1.45 bits per heavy atom. The van der Waals surface area contributed by atoms with Crippen molar-refractivity contribution in [3.63, 3.8) is 0 Å². The zero-order chi connectivity index (χ0) is 9.28. The Labute approximate surface area is 70.6 Å². The molecule has 0 nitrogen and oxygen atoms in total. The summed E-state index contributed by atoms with van der Waals surface area (Å²) in [6.45, 7) is 15.8. The lowest BCUT2D eigenvalue weighted by atomic mass is 10.2. The molecule has 0 radical (unpaired) electrons. The third-order valence-corrected chi connectivity index (χ3v) is 1.00. The number of rotatable bonds is 2. The Balaban J connectivity index is 0. The summed E-state index contributed by atoms with van der Waals surface area (Å²) in [6.07, 6.45) is 5.98. The van der Waals surface area contributed by atoms with E-state index in [1.165, 1.54) is 11.1 Å². The Morgan fingerprint density at radius 1 is 1.00 bits per heavy atom. The van der Waals surface area contributed by atoms with Crippen LogP contribution >= 0.6 is 0 Å². The van der Waals surface area contributed by atoms with Crippen molar-refractivity contribution in [2.24, 2.45) is 0 Å². The fourth-order valence-corrected chi connectivity index (χ4v) is 0.366. The lowest BCUT2D eigenvalue weighted by Gasteiger charge is -1.86. The summed E-state index contributed by atoms with van der Waals surface area (Å²) < 4.78 is 0. The maximum absolute atomic E-state index is 3.64. The Morgan fingerprint density at radius 3 is 1.73 bits per heavy atom. The van der Waals surface area contributed by atoms with Crippen molar-refractivity contribution in [1.29, 1.82) is 0 Å². The highest BCUT2D eigenvalue weighted by Gasteiger charge is 1.74. The molecule has 0 aromatic carbocycles. The minimum absolute atomic E-state index is 1.20. The molecule has 0 atom stereocenters. The lowest BCUT2D eigenvalue weighted by molar-refractivity contribution is 1.38. The van der Waals surface area contributed by atoms with Crippen molar-refractivity contribution >= 4 is 0 Å². The second kappa shape index (κ2) is 8.96. The van der Waals surface area contributed by atoms with Gasteiger partial charge in [-0.05, 0) is 20.8 Å². The van der Waals surface area contributed by atoms with Crippen molar-refractivity contribution in [3.8, 4) is 0 Å². The van der Waals surface area contributed by atoms with E-state index in [0.717, 1.165) is 0 Å². The summed E-state index contributed by atoms with van der Waals surface area (Å²) in [6, 6.07) is 0. The summed E-state index contributed by atoms with van der Waals surface area (Å²) in [5, 5.41) is 0. The molecule has 0 amide bonds. The Bertz CT molecular complexity index is 155. The maximum Gasteiger partial charge on any atom is -0.0398 e. The Kier molecular flexibility index (Phi) is 10.3. The van der Waals surface area contributed by atoms with Gasteiger partial charge in [0.15, 0.2) is 0 Å². The van der Waals surface area contributed by atoms with E-state index in [1.807, 2.05) is 13.0 Å². The van der Waals surface area contributed by atoms with E-state index >= 15 is 0 Å². The first-order chi connectivity index (χ1) is 5.16. The first kappa shape index (κ1) is 12.6. The summed E-state index contributed by atoms with van der Waals surface area (Å²) in [4.78, 5) is 0. The predicted molar refractivity (Wildman–Crippen MR) is 54.6 cm³/mol. The molecule has 0 spiro atoms. The second-order valence-corrected chi connectivity index (χ2v) is 2.36. The molecule has 0 aliphatic rings. The predicted octanol–water partition coefficient (Wildman–Crippen LogP) is 3.89. The zero-order valence-corrected chi connectivity index (χ0v) is 7.85. The van der Waals surface area contributed by atoms with Crippen LogP contribution < -0.4 is 0 Å². The third-order valence-electron chi connectivity index (χ3n) is 1.00. The molecular weight excluding hydrogens is 132 g/mol. The average molecular weight is 150 g/mol. The minimum atomic E-state index is 1.20. The maximum atomic E-state index is 3.64. The second-order valence-electron chi connectivity index (χ2n) is 2.36. The molecule has 0 fully saturated rings. The molecule has 0 saturated carbocycles. The van der Waals surface area contributed by atoms with Crippen LogP contribution in [0.2, 0.25) is 0 Å². The molecule has 0 bridgehead atoms. The summed E-state index contributed by atoms with van der Waals surface area (Å²) in [5.74, 6) is 0. The molecule has 0 rings (SSSR count). The zero-order valence-electron chi connectivity index (χ0n) is 7.85. The lowest BCUT2D eigenvalue weighted by Crippen LogP contribution is -1.64. The molecule has 0 aliphatic heterocycles. The number of allylic oxidation sites excluding steroid dienone is 5. The van der Waals surface area contributed by atoms with E-state index in [0.29, 0.717) is 0 Å². The SMILES string of the molecule is C=C.C=C/C(C)=C\C=C(C)C. The fourth-order valence-electron chi connectivity index (χ4n) is 0.366. The van der Waals surface area contributed by atoms with E-state index in [9.17, 15) is 0 Å². The van der Waals surface area contributed by atoms with E-state index < -0.39 is 0 Å². The van der Waals surface area contributed by atoms with Crippen LogP contribution in [-0.2, 0) is 0 Å². The van der Waals surface area contributed by atoms with Crippen molar-refractivity contribution in [3.05, 3.63) is 49.1 Å². The average Bonchev–Trinajstić information content (AvgIpc) is 2.04. The van der Waals surface area contributed by atoms with Crippen LogP contribution in [0, 0.1) is 0 Å². The van der Waals surface area contributed by atoms with Crippen molar-refractivity contribution < 1.29 is 0 Å². The summed E-state index contributed by atoms with van der Waals surface area (Å²) in [7, 11) is 0. The molecule has 0 heterocycles. The molecule has 0 unspecified atom stereocenters. The van der Waals surface area contributed by atoms with Crippen LogP contribution in [0.5, 0.6) is 0 Å². The summed E-state index contributed by atoms with van der Waals surface area (Å²) in [5.41, 5.74) is 2.52. The van der Waals surface area contributed by atoms with Crippen LogP contribution in [0.3, 0.4) is 0 Å². The molecular formula is C11H18. The van der Waals surface area contributed by atoms with Crippen LogP contribution in [0.15, 0.2) is 49.1 Å². The standard InChI is InChI=1S/C9H14.C2H4/c1-5-9(4)7-6-8(2)3;1-2/h5-7H,1H2,2-4H3;1-2H2/b9-7-;. The fraction of sp³-hybridized carbons (Fsp3) is 0.273. The molecule has 11 heavy (non-hydrogen) atoms. The van der Waals surface area contributed by atoms with Gasteiger partial charge in [-0.25, -0.2) is 0 Å². The number of hydrogen-bond donors (Lipinski definition) is 0. The van der Waals surface area contributed by atoms with Crippen LogP contribution in [0.1, 0.15) is 20.8 Å². The smallest absolute Gasteiger partial charge is 0.0398 e. The highest BCUT2D eigenvalue weighted by atomic mass is 13.8. The van der Waals surface area contributed by atoms with Gasteiger partial charge in [0.25, 0.3) is 0 Å². The largest absolute Gasteiger partial charge is 0.106 e. The van der Waals surface area contributed by atoms with Gasteiger partial charge in [-0.3, -0.25) is 0 Å². The van der Waals surface area contributed by atoms with Gasteiger partial charge in [0.2, 0.25) is 0 Å². The topological polar surface area (TPSA) is 0 Å². The molecule has 0 aromatic heterocycles. The van der Waals surface area contributed by atoms with Crippen LogP contribution in [0.4, 0.5) is 0 Å². The van der Waals surface area contributed by atoms with E-state index in [2.05, 4.69) is 45.7 Å². The first-order valence-electron chi connectivity index (χ1n) is 3.61. The van der Waals surface area contributed by atoms with Crippen LogP contribution in [0.25, 0.3) is 0 Å². The van der Waals surface area contributed by atoms with Gasteiger partial charge < -0.3 is 0 Å². The van der Waals surface area contributed by atoms with Gasteiger partial charge in [0, 0.05) is 0 Å². The highest BCUT2D eigenvalue weighted by molar-refractivity contribution is 5.21. The normalized spacial score (nSPS) is 9.18. The van der Waals surface area contributed by atoms with Crippen molar-refractivity contribution in [2.45, 2.75) is 20.8 Å². The van der Waals surface area contributed by atoms with Gasteiger partial charge in [0.05, 0.1) is 0 Å². The van der Waals surface area contributed by atoms with Gasteiger partial charge in [-0.2, -0.15) is 0 Å². The first-order valence-corrected chi connectivity index (χ1v) is 3.61. The van der Waals surface area contributed by atoms with Gasteiger partial charge in [-0.15, -0.1) is 13.2 Å². The van der Waals surface area contributed by atoms with Crippen molar-refractivity contribution in [1.82, 2.24) is 0 Å². The molecule has 0 aromatic rings. The van der Waals surface area contributed by atoms with E-state index in [1.54, 1.807) is 0 Å². The number of hydrogen-bond acceptors (Lipinski definition) is 0. The minimum Gasteiger partial charge on any atom is -0.106 e. The molecule has 0 saturated heterocycles. The molecule has 0 aliphatic carbocycles. The van der Waals surface area contributed by atoms with E-state index in [4.69, 9.17) is 0 Å². The van der Waals surface area contributed by atoms with Gasteiger partial charge >= 0.3 is 0 Å². The molecule has 0 N–H and O–H groups in total. The monoisotopic (exact) mass is 150 g/mol. The van der Waals surface area contributed by atoms with Crippen molar-refractivity contribution in [2.75, 3.05) is 0 Å². The van der Waals surface area contributed by atoms with E-state index in [-0.39, 0.29) is 0 Å².